The Kier molecular flexibility index (Phi) is 7.17. The van der Waals surface area contributed by atoms with Crippen molar-refractivity contribution in [3.05, 3.63) is 29.8 Å². The topological polar surface area (TPSA) is 32.8 Å². The molecule has 27 heavy (non-hydrogen) atoms. The van der Waals surface area contributed by atoms with Crippen LogP contribution in [0.15, 0.2) is 24.3 Å². The second-order valence-electron chi connectivity index (χ2n) is 8.59. The molecule has 2 saturated heterocycles. The third kappa shape index (κ3) is 5.71. The Morgan fingerprint density at radius 1 is 1.15 bits per heavy atom. The minimum Gasteiger partial charge on any atom is -0.491 e. The van der Waals surface area contributed by atoms with Gasteiger partial charge in [0.15, 0.2) is 0 Å². The number of carbonyl (C=O) groups is 1. The summed E-state index contributed by atoms with van der Waals surface area (Å²) in [6.07, 6.45) is 8.14. The highest BCUT2D eigenvalue weighted by molar-refractivity contribution is 5.76. The molecule has 0 spiro atoms. The van der Waals surface area contributed by atoms with E-state index < -0.39 is 0 Å². The van der Waals surface area contributed by atoms with E-state index in [1.165, 1.54) is 50.8 Å². The molecule has 4 heteroatoms. The Morgan fingerprint density at radius 3 is 2.63 bits per heavy atom. The van der Waals surface area contributed by atoms with E-state index in [9.17, 15) is 4.79 Å². The number of ether oxygens (including phenoxy) is 1. The molecule has 1 aromatic rings. The maximum atomic E-state index is 12.7. The lowest BCUT2D eigenvalue weighted by Crippen LogP contribution is -2.51. The first-order chi connectivity index (χ1) is 13.0. The number of carbonyl (C=O) groups excluding carboxylic acids is 1. The van der Waals surface area contributed by atoms with Gasteiger partial charge in [0.1, 0.15) is 5.75 Å². The average Bonchev–Trinajstić information content (AvgIpc) is 2.67. The lowest BCUT2D eigenvalue weighted by molar-refractivity contribution is -0.131. The summed E-state index contributed by atoms with van der Waals surface area (Å²) in [7, 11) is 1.99. The van der Waals surface area contributed by atoms with Crippen LogP contribution in [-0.4, -0.2) is 54.5 Å². The minimum atomic E-state index is 0.186. The zero-order valence-corrected chi connectivity index (χ0v) is 17.3. The van der Waals surface area contributed by atoms with Crippen LogP contribution < -0.4 is 4.74 Å². The second kappa shape index (κ2) is 9.59. The number of hydrogen-bond acceptors (Lipinski definition) is 3. The normalized spacial score (nSPS) is 23.1. The van der Waals surface area contributed by atoms with Gasteiger partial charge in [0.25, 0.3) is 0 Å². The van der Waals surface area contributed by atoms with Crippen molar-refractivity contribution in [3.63, 3.8) is 0 Å². The number of hydrogen-bond donors (Lipinski definition) is 0. The van der Waals surface area contributed by atoms with E-state index in [1.54, 1.807) is 0 Å². The van der Waals surface area contributed by atoms with Crippen LogP contribution in [0.4, 0.5) is 0 Å². The predicted octanol–water partition coefficient (Wildman–Crippen LogP) is 4.13. The molecule has 2 fully saturated rings. The largest absolute Gasteiger partial charge is 0.491 e. The maximum Gasteiger partial charge on any atom is 0.222 e. The summed E-state index contributed by atoms with van der Waals surface area (Å²) in [6.45, 7) is 7.49. The molecule has 4 nitrogen and oxygen atoms in total. The molecule has 0 bridgehead atoms. The van der Waals surface area contributed by atoms with Gasteiger partial charge in [0.05, 0.1) is 6.10 Å². The predicted molar refractivity (Wildman–Crippen MR) is 110 cm³/mol. The van der Waals surface area contributed by atoms with Crippen molar-refractivity contribution >= 4 is 5.91 Å². The number of benzene rings is 1. The molecule has 0 saturated carbocycles. The van der Waals surface area contributed by atoms with E-state index in [-0.39, 0.29) is 12.0 Å². The van der Waals surface area contributed by atoms with Gasteiger partial charge in [0.2, 0.25) is 5.91 Å². The Bertz CT molecular complexity index is 597. The summed E-state index contributed by atoms with van der Waals surface area (Å²) < 4.78 is 5.68. The molecule has 2 atom stereocenters. The summed E-state index contributed by atoms with van der Waals surface area (Å²) in [5, 5.41) is 0. The first-order valence-corrected chi connectivity index (χ1v) is 10.8. The number of fused-ring (bicyclic) bond motifs is 1. The Balaban J connectivity index is 1.46. The molecule has 2 aliphatic rings. The van der Waals surface area contributed by atoms with Gasteiger partial charge >= 0.3 is 0 Å². The van der Waals surface area contributed by atoms with Gasteiger partial charge in [-0.05, 0) is 82.7 Å². The molecule has 2 aliphatic heterocycles. The Hall–Kier alpha value is -1.55. The lowest BCUT2D eigenvalue weighted by Gasteiger charge is -2.45. The Labute approximate surface area is 164 Å². The van der Waals surface area contributed by atoms with E-state index in [0.29, 0.717) is 18.4 Å². The molecule has 0 aliphatic carbocycles. The highest BCUT2D eigenvalue weighted by Gasteiger charge is 2.33. The standard InChI is InChI=1S/C23H36N2O2/c1-18(2)27-21-12-9-19(10-13-21)11-14-23(26)24(3)17-20-7-6-16-25-15-5-4-8-22(20)25/h9-10,12-13,18,20,22H,4-8,11,14-17H2,1-3H3/t20-,22+/m0/s1. The lowest BCUT2D eigenvalue weighted by atomic mass is 9.83. The maximum absolute atomic E-state index is 12.7. The van der Waals surface area contributed by atoms with Gasteiger partial charge in [-0.1, -0.05) is 18.6 Å². The Morgan fingerprint density at radius 2 is 1.89 bits per heavy atom. The van der Waals surface area contributed by atoms with Gasteiger partial charge in [-0.15, -0.1) is 0 Å². The van der Waals surface area contributed by atoms with E-state index in [2.05, 4.69) is 17.0 Å². The molecule has 1 aromatic carbocycles. The molecule has 0 radical (unpaired) electrons. The van der Waals surface area contributed by atoms with Gasteiger partial charge in [0, 0.05) is 26.1 Å². The SMILES string of the molecule is CC(C)Oc1ccc(CCC(=O)N(C)C[C@@H]2CCCN3CCCC[C@H]23)cc1. The van der Waals surface area contributed by atoms with Gasteiger partial charge < -0.3 is 14.5 Å². The van der Waals surface area contributed by atoms with Crippen molar-refractivity contribution in [2.24, 2.45) is 5.92 Å². The molecular formula is C23H36N2O2. The summed E-state index contributed by atoms with van der Waals surface area (Å²) in [4.78, 5) is 17.3. The number of rotatable bonds is 7. The molecule has 2 heterocycles. The fourth-order valence-corrected chi connectivity index (χ4v) is 4.69. The van der Waals surface area contributed by atoms with Crippen LogP contribution in [0.25, 0.3) is 0 Å². The van der Waals surface area contributed by atoms with Gasteiger partial charge in [-0.3, -0.25) is 4.79 Å². The molecule has 0 aromatic heterocycles. The van der Waals surface area contributed by atoms with Crippen molar-refractivity contribution in [1.29, 1.82) is 0 Å². The minimum absolute atomic E-state index is 0.186. The van der Waals surface area contributed by atoms with Crippen molar-refractivity contribution < 1.29 is 9.53 Å². The number of aryl methyl sites for hydroxylation is 1. The van der Waals surface area contributed by atoms with Crippen LogP contribution in [0.5, 0.6) is 5.75 Å². The fourth-order valence-electron chi connectivity index (χ4n) is 4.69. The van der Waals surface area contributed by atoms with Gasteiger partial charge in [-0.2, -0.15) is 0 Å². The monoisotopic (exact) mass is 372 g/mol. The molecule has 150 valence electrons. The summed E-state index contributed by atoms with van der Waals surface area (Å²) in [6, 6.07) is 8.86. The van der Waals surface area contributed by atoms with Crippen LogP contribution in [0, 0.1) is 5.92 Å². The molecular weight excluding hydrogens is 336 g/mol. The third-order valence-corrected chi connectivity index (χ3v) is 6.09. The second-order valence-corrected chi connectivity index (χ2v) is 8.59. The summed E-state index contributed by atoms with van der Waals surface area (Å²) in [5.41, 5.74) is 1.20. The first kappa shape index (κ1) is 20.2. The van der Waals surface area contributed by atoms with Crippen LogP contribution in [0.2, 0.25) is 0 Å². The van der Waals surface area contributed by atoms with Crippen molar-refractivity contribution in [2.75, 3.05) is 26.7 Å². The van der Waals surface area contributed by atoms with Crippen molar-refractivity contribution in [1.82, 2.24) is 9.80 Å². The molecule has 3 rings (SSSR count). The van der Waals surface area contributed by atoms with Crippen LogP contribution >= 0.6 is 0 Å². The average molecular weight is 373 g/mol. The zero-order chi connectivity index (χ0) is 19.2. The van der Waals surface area contributed by atoms with E-state index in [0.717, 1.165) is 18.7 Å². The van der Waals surface area contributed by atoms with Crippen LogP contribution in [-0.2, 0) is 11.2 Å². The highest BCUT2D eigenvalue weighted by Crippen LogP contribution is 2.31. The molecule has 1 amide bonds. The van der Waals surface area contributed by atoms with E-state index in [1.807, 2.05) is 37.9 Å². The van der Waals surface area contributed by atoms with Crippen LogP contribution in [0.3, 0.4) is 0 Å². The van der Waals surface area contributed by atoms with E-state index in [4.69, 9.17) is 4.74 Å². The van der Waals surface area contributed by atoms with Gasteiger partial charge in [-0.25, -0.2) is 0 Å². The quantitative estimate of drug-likeness (QED) is 0.721. The van der Waals surface area contributed by atoms with Crippen LogP contribution in [0.1, 0.15) is 57.9 Å². The number of amides is 1. The summed E-state index contributed by atoms with van der Waals surface area (Å²) >= 11 is 0. The smallest absolute Gasteiger partial charge is 0.222 e. The zero-order valence-electron chi connectivity index (χ0n) is 17.3. The fraction of sp³-hybridized carbons (Fsp3) is 0.696. The number of piperidine rings is 2. The number of nitrogens with zero attached hydrogens (tertiary/aromatic N) is 2. The summed E-state index contributed by atoms with van der Waals surface area (Å²) in [5.74, 6) is 1.82. The third-order valence-electron chi connectivity index (χ3n) is 6.09. The molecule has 0 N–H and O–H groups in total. The first-order valence-electron chi connectivity index (χ1n) is 10.8. The van der Waals surface area contributed by atoms with Crippen molar-refractivity contribution in [2.45, 2.75) is 70.9 Å². The van der Waals surface area contributed by atoms with Crippen molar-refractivity contribution in [3.8, 4) is 5.75 Å². The molecule has 0 unspecified atom stereocenters. The van der Waals surface area contributed by atoms with E-state index >= 15 is 0 Å². The highest BCUT2D eigenvalue weighted by atomic mass is 16.5.